The summed E-state index contributed by atoms with van der Waals surface area (Å²) in [5.41, 5.74) is 0.959. The average Bonchev–Trinajstić information content (AvgIpc) is 2.48. The lowest BCUT2D eigenvalue weighted by Gasteiger charge is -2.24. The largest absolute Gasteiger partial charge is 0.497 e. The summed E-state index contributed by atoms with van der Waals surface area (Å²) >= 11 is 6.06. The van der Waals surface area contributed by atoms with Crippen molar-refractivity contribution in [1.82, 2.24) is 4.90 Å². The highest BCUT2D eigenvalue weighted by Gasteiger charge is 2.18. The molecule has 114 valence electrons. The lowest BCUT2D eigenvalue weighted by Crippen LogP contribution is -2.37. The van der Waals surface area contributed by atoms with Crippen molar-refractivity contribution >= 4 is 17.5 Å². The zero-order chi connectivity index (χ0) is 15.7. The predicted octanol–water partition coefficient (Wildman–Crippen LogP) is 2.19. The quantitative estimate of drug-likeness (QED) is 0.691. The van der Waals surface area contributed by atoms with Crippen LogP contribution in [-0.4, -0.2) is 43.6 Å². The number of ether oxygens (including phenoxy) is 2. The van der Waals surface area contributed by atoms with E-state index in [1.54, 1.807) is 12.0 Å². The van der Waals surface area contributed by atoms with Gasteiger partial charge in [0.2, 0.25) is 5.91 Å². The van der Waals surface area contributed by atoms with E-state index >= 15 is 0 Å². The lowest BCUT2D eigenvalue weighted by molar-refractivity contribution is -0.135. The number of hydrogen-bond donors (Lipinski definition) is 0. The first kappa shape index (κ1) is 17.3. The fraction of sp³-hybridized carbons (Fsp3) is 0.467. The first-order valence-electron chi connectivity index (χ1n) is 6.51. The minimum atomic E-state index is -0.394. The molecule has 1 amide bonds. The number of methoxy groups -OCH3 is 2. The molecule has 0 aliphatic rings. The molecule has 0 aliphatic heterocycles. The molecule has 1 atom stereocenters. The number of carbonyl (C=O) groups is 1. The first-order valence-corrected chi connectivity index (χ1v) is 6.95. The van der Waals surface area contributed by atoms with Gasteiger partial charge in [-0.05, 0) is 17.7 Å². The highest BCUT2D eigenvalue weighted by Crippen LogP contribution is 2.14. The van der Waals surface area contributed by atoms with Gasteiger partial charge >= 0.3 is 0 Å². The van der Waals surface area contributed by atoms with E-state index in [-0.39, 0.29) is 18.9 Å². The van der Waals surface area contributed by atoms with E-state index in [0.29, 0.717) is 13.1 Å². The van der Waals surface area contributed by atoms with Crippen LogP contribution in [0.1, 0.15) is 12.0 Å². The fourth-order valence-corrected chi connectivity index (χ4v) is 2.06. The van der Waals surface area contributed by atoms with E-state index in [1.165, 1.54) is 7.11 Å². The van der Waals surface area contributed by atoms with E-state index in [9.17, 15) is 4.79 Å². The van der Waals surface area contributed by atoms with Crippen molar-refractivity contribution in [2.75, 3.05) is 27.4 Å². The Balaban J connectivity index is 2.75. The van der Waals surface area contributed by atoms with Crippen LogP contribution in [0, 0.1) is 11.3 Å². The van der Waals surface area contributed by atoms with Crippen LogP contribution < -0.4 is 4.74 Å². The highest BCUT2D eigenvalue weighted by molar-refractivity contribution is 6.21. The van der Waals surface area contributed by atoms with Gasteiger partial charge in [0, 0.05) is 20.2 Å². The van der Waals surface area contributed by atoms with Crippen LogP contribution in [0.4, 0.5) is 0 Å². The van der Waals surface area contributed by atoms with E-state index in [2.05, 4.69) is 0 Å². The standard InChI is InChI=1S/C15H19ClN2O3/c1-20-11-15(19)18(10-13(16)7-8-17)9-12-3-5-14(21-2)6-4-12/h3-6,13H,7,9-11H2,1-2H3. The summed E-state index contributed by atoms with van der Waals surface area (Å²) in [7, 11) is 3.07. The SMILES string of the molecule is COCC(=O)N(Cc1ccc(OC)cc1)CC(Cl)CC#N. The van der Waals surface area contributed by atoms with Crippen molar-refractivity contribution in [2.24, 2.45) is 0 Å². The van der Waals surface area contributed by atoms with E-state index in [4.69, 9.17) is 26.3 Å². The second-order valence-corrected chi connectivity index (χ2v) is 5.13. The zero-order valence-electron chi connectivity index (χ0n) is 12.2. The van der Waals surface area contributed by atoms with E-state index < -0.39 is 5.38 Å². The highest BCUT2D eigenvalue weighted by atomic mass is 35.5. The van der Waals surface area contributed by atoms with Crippen molar-refractivity contribution < 1.29 is 14.3 Å². The van der Waals surface area contributed by atoms with Gasteiger partial charge in [-0.15, -0.1) is 11.6 Å². The van der Waals surface area contributed by atoms with Gasteiger partial charge in [0.25, 0.3) is 0 Å². The minimum Gasteiger partial charge on any atom is -0.497 e. The monoisotopic (exact) mass is 310 g/mol. The lowest BCUT2D eigenvalue weighted by atomic mass is 10.2. The van der Waals surface area contributed by atoms with Gasteiger partial charge < -0.3 is 14.4 Å². The van der Waals surface area contributed by atoms with E-state index in [0.717, 1.165) is 11.3 Å². The second kappa shape index (κ2) is 9.22. The van der Waals surface area contributed by atoms with Crippen molar-refractivity contribution in [1.29, 1.82) is 5.26 Å². The van der Waals surface area contributed by atoms with Gasteiger partial charge in [0.1, 0.15) is 12.4 Å². The summed E-state index contributed by atoms with van der Waals surface area (Å²) in [6.07, 6.45) is 0.195. The summed E-state index contributed by atoms with van der Waals surface area (Å²) in [5, 5.41) is 8.27. The third-order valence-corrected chi connectivity index (χ3v) is 3.18. The predicted molar refractivity (Wildman–Crippen MR) is 80.2 cm³/mol. The number of hydrogen-bond acceptors (Lipinski definition) is 4. The Hall–Kier alpha value is -1.77. The van der Waals surface area contributed by atoms with Crippen LogP contribution in [0.25, 0.3) is 0 Å². The summed E-state index contributed by atoms with van der Waals surface area (Å²) in [4.78, 5) is 13.6. The smallest absolute Gasteiger partial charge is 0.248 e. The molecular formula is C15H19ClN2O3. The van der Waals surface area contributed by atoms with Gasteiger partial charge in [0.05, 0.1) is 25.0 Å². The molecule has 0 fully saturated rings. The Kier molecular flexibility index (Phi) is 7.59. The van der Waals surface area contributed by atoms with Crippen LogP contribution in [0.2, 0.25) is 0 Å². The van der Waals surface area contributed by atoms with Crippen LogP contribution >= 0.6 is 11.6 Å². The number of nitriles is 1. The van der Waals surface area contributed by atoms with Crippen LogP contribution in [0.5, 0.6) is 5.75 Å². The molecule has 0 saturated carbocycles. The number of nitrogens with zero attached hydrogens (tertiary/aromatic N) is 2. The Bertz CT molecular complexity index is 485. The maximum Gasteiger partial charge on any atom is 0.248 e. The van der Waals surface area contributed by atoms with Gasteiger partial charge in [-0.2, -0.15) is 5.26 Å². The van der Waals surface area contributed by atoms with E-state index in [1.807, 2.05) is 30.3 Å². The number of rotatable bonds is 8. The number of amides is 1. The van der Waals surface area contributed by atoms with Gasteiger partial charge in [-0.1, -0.05) is 12.1 Å². The van der Waals surface area contributed by atoms with Crippen molar-refractivity contribution in [2.45, 2.75) is 18.3 Å². The summed E-state index contributed by atoms with van der Waals surface area (Å²) in [5.74, 6) is 0.602. The molecule has 0 bridgehead atoms. The molecule has 6 heteroatoms. The molecule has 0 heterocycles. The Labute approximate surface area is 130 Å². The van der Waals surface area contributed by atoms with Crippen LogP contribution in [0.3, 0.4) is 0 Å². The molecular weight excluding hydrogens is 292 g/mol. The average molecular weight is 311 g/mol. The number of carbonyl (C=O) groups excluding carboxylic acids is 1. The van der Waals surface area contributed by atoms with Crippen molar-refractivity contribution in [3.8, 4) is 11.8 Å². The molecule has 1 rings (SSSR count). The normalized spacial score (nSPS) is 11.5. The molecule has 0 spiro atoms. The Morgan fingerprint density at radius 1 is 1.38 bits per heavy atom. The molecule has 0 saturated heterocycles. The van der Waals surface area contributed by atoms with Crippen molar-refractivity contribution in [3.05, 3.63) is 29.8 Å². The topological polar surface area (TPSA) is 62.6 Å². The zero-order valence-corrected chi connectivity index (χ0v) is 13.0. The number of alkyl halides is 1. The summed E-state index contributed by atoms with van der Waals surface area (Å²) in [6.45, 7) is 0.719. The minimum absolute atomic E-state index is 0.00762. The second-order valence-electron chi connectivity index (χ2n) is 4.51. The van der Waals surface area contributed by atoms with Gasteiger partial charge in [-0.25, -0.2) is 0 Å². The molecule has 0 radical (unpaired) electrons. The molecule has 1 aromatic rings. The molecule has 21 heavy (non-hydrogen) atoms. The first-order chi connectivity index (χ1) is 10.1. The Morgan fingerprint density at radius 2 is 2.05 bits per heavy atom. The molecule has 1 aromatic carbocycles. The third kappa shape index (κ3) is 6.03. The molecule has 0 aliphatic carbocycles. The maximum atomic E-state index is 12.0. The van der Waals surface area contributed by atoms with Crippen LogP contribution in [-0.2, 0) is 16.1 Å². The van der Waals surface area contributed by atoms with Gasteiger partial charge in [0.15, 0.2) is 0 Å². The summed E-state index contributed by atoms with van der Waals surface area (Å²) < 4.78 is 9.98. The molecule has 0 aromatic heterocycles. The Morgan fingerprint density at radius 3 is 2.57 bits per heavy atom. The van der Waals surface area contributed by atoms with Crippen molar-refractivity contribution in [3.63, 3.8) is 0 Å². The van der Waals surface area contributed by atoms with Gasteiger partial charge in [-0.3, -0.25) is 4.79 Å². The van der Waals surface area contributed by atoms with Crippen LogP contribution in [0.15, 0.2) is 24.3 Å². The fourth-order valence-electron chi connectivity index (χ4n) is 1.82. The molecule has 0 N–H and O–H groups in total. The number of halogens is 1. The number of benzene rings is 1. The third-order valence-electron chi connectivity index (χ3n) is 2.88. The molecule has 1 unspecified atom stereocenters. The molecule has 5 nitrogen and oxygen atoms in total. The maximum absolute atomic E-state index is 12.0. The summed E-state index contributed by atoms with van der Waals surface area (Å²) in [6, 6.07) is 9.45.